The maximum absolute atomic E-state index is 8.63. The molecule has 0 radical (unpaired) electrons. The second kappa shape index (κ2) is 7.69. The van der Waals surface area contributed by atoms with Gasteiger partial charge in [0.05, 0.1) is 2.74 Å². The molecular weight excluding hydrogens is 318 g/mol. The number of likely N-dealkylation sites (tertiary alicyclic amines) is 1. The minimum absolute atomic E-state index is 0.169. The summed E-state index contributed by atoms with van der Waals surface area (Å²) in [5.41, 5.74) is -1.87. The van der Waals surface area contributed by atoms with E-state index < -0.39 is 31.4 Å². The molecule has 0 N–H and O–H groups in total. The summed E-state index contributed by atoms with van der Waals surface area (Å²) >= 11 is 6.01. The first kappa shape index (κ1) is 10.6. The number of benzene rings is 2. The molecular formula is C21H26ClNO. The molecule has 128 valence electrons. The number of hydrogen-bond donors (Lipinski definition) is 0. The zero-order chi connectivity index (χ0) is 23.1. The van der Waals surface area contributed by atoms with Crippen LogP contribution in [0.15, 0.2) is 54.6 Å². The fourth-order valence-electron chi connectivity index (χ4n) is 2.91. The van der Waals surface area contributed by atoms with Gasteiger partial charge in [0.2, 0.25) is 0 Å². The highest BCUT2D eigenvalue weighted by molar-refractivity contribution is 6.30. The van der Waals surface area contributed by atoms with E-state index in [-0.39, 0.29) is 11.1 Å². The zero-order valence-corrected chi connectivity index (χ0v) is 14.4. The normalized spacial score (nSPS) is 26.9. The third kappa shape index (κ3) is 3.83. The van der Waals surface area contributed by atoms with Gasteiger partial charge in [0, 0.05) is 24.5 Å². The number of halogens is 1. The Morgan fingerprint density at radius 3 is 2.54 bits per heavy atom. The molecule has 2 aromatic carbocycles. The zero-order valence-electron chi connectivity index (χ0n) is 20.6. The molecule has 3 rings (SSSR count). The Hall–Kier alpha value is -1.35. The standard InChI is InChI=1S/C21H26ClNO/c1-21(17-7-4-3-5-8-17,18-10-12-19(22)13-11-18)24-16-14-20-9-6-15-23(20)2/h3-5,7-8,10-13,20H,6,9,14-16H2,1-2H3/t20-,21-/m1/s1/i1D3,14D2,16D2. The van der Waals surface area contributed by atoms with Crippen molar-refractivity contribution in [2.75, 3.05) is 20.2 Å². The van der Waals surface area contributed by atoms with Crippen LogP contribution in [0.1, 0.15) is 46.8 Å². The van der Waals surface area contributed by atoms with Crippen LogP contribution in [-0.4, -0.2) is 31.1 Å². The van der Waals surface area contributed by atoms with Gasteiger partial charge in [0.1, 0.15) is 5.60 Å². The lowest BCUT2D eigenvalue weighted by Gasteiger charge is -2.32. The summed E-state index contributed by atoms with van der Waals surface area (Å²) in [4.78, 5) is 1.75. The summed E-state index contributed by atoms with van der Waals surface area (Å²) in [6.45, 7) is -5.13. The molecule has 0 saturated carbocycles. The Bertz CT molecular complexity index is 889. The number of ether oxygens (including phenoxy) is 1. The Balaban J connectivity index is 2.20. The number of rotatable bonds is 6. The van der Waals surface area contributed by atoms with Gasteiger partial charge in [0.25, 0.3) is 0 Å². The van der Waals surface area contributed by atoms with E-state index in [2.05, 4.69) is 0 Å². The maximum Gasteiger partial charge on any atom is 0.115 e. The highest BCUT2D eigenvalue weighted by Crippen LogP contribution is 2.34. The first-order valence-electron chi connectivity index (χ1n) is 11.5. The van der Waals surface area contributed by atoms with Crippen molar-refractivity contribution in [3.63, 3.8) is 0 Å². The van der Waals surface area contributed by atoms with Crippen LogP contribution in [0.5, 0.6) is 0 Å². The fourth-order valence-corrected chi connectivity index (χ4v) is 3.03. The predicted octanol–water partition coefficient (Wildman–Crippen LogP) is 5.10. The second-order valence-electron chi connectivity index (χ2n) is 6.04. The molecule has 3 heteroatoms. The van der Waals surface area contributed by atoms with Crippen LogP contribution >= 0.6 is 11.6 Å². The van der Waals surface area contributed by atoms with E-state index in [4.69, 9.17) is 25.9 Å². The Labute approximate surface area is 160 Å². The highest BCUT2D eigenvalue weighted by atomic mass is 35.5. The molecule has 0 unspecified atom stereocenters. The summed E-state index contributed by atoms with van der Waals surface area (Å²) in [5, 5.41) is 0.391. The Morgan fingerprint density at radius 2 is 1.92 bits per heavy atom. The van der Waals surface area contributed by atoms with E-state index in [0.29, 0.717) is 18.0 Å². The average Bonchev–Trinajstić information content (AvgIpc) is 3.13. The third-order valence-corrected chi connectivity index (χ3v) is 4.63. The maximum atomic E-state index is 8.63. The summed E-state index contributed by atoms with van der Waals surface area (Å²) in [5.74, 6) is 0. The molecule has 1 heterocycles. The van der Waals surface area contributed by atoms with Crippen LogP contribution in [0.2, 0.25) is 5.02 Å². The monoisotopic (exact) mass is 350 g/mol. The molecule has 2 aromatic rings. The summed E-state index contributed by atoms with van der Waals surface area (Å²) in [7, 11) is 1.74. The molecule has 1 fully saturated rings. The van der Waals surface area contributed by atoms with Crippen molar-refractivity contribution in [2.24, 2.45) is 0 Å². The molecule has 2 atom stereocenters. The lowest BCUT2D eigenvalue weighted by molar-refractivity contribution is -0.0117. The topological polar surface area (TPSA) is 12.5 Å². The molecule has 0 amide bonds. The van der Waals surface area contributed by atoms with Crippen LogP contribution in [0, 0.1) is 0 Å². The van der Waals surface area contributed by atoms with Crippen molar-refractivity contribution in [3.05, 3.63) is 70.7 Å². The fraction of sp³-hybridized carbons (Fsp3) is 0.429. The molecule has 24 heavy (non-hydrogen) atoms. The minimum atomic E-state index is -2.92. The van der Waals surface area contributed by atoms with Crippen LogP contribution in [0.25, 0.3) is 0 Å². The van der Waals surface area contributed by atoms with E-state index >= 15 is 0 Å². The van der Waals surface area contributed by atoms with Crippen molar-refractivity contribution in [1.29, 1.82) is 0 Å². The van der Waals surface area contributed by atoms with Gasteiger partial charge >= 0.3 is 0 Å². The van der Waals surface area contributed by atoms with Gasteiger partial charge in [-0.15, -0.1) is 0 Å². The van der Waals surface area contributed by atoms with Crippen LogP contribution in [0.3, 0.4) is 0 Å². The first-order chi connectivity index (χ1) is 14.3. The summed E-state index contributed by atoms with van der Waals surface area (Å²) in [6, 6.07) is 13.4. The van der Waals surface area contributed by atoms with Gasteiger partial charge in [-0.2, -0.15) is 0 Å². The SMILES string of the molecule is [2H]C([2H])(O[C@](c1ccccc1)(c1ccc(Cl)cc1)C([2H])([2H])[2H])C([2H])([2H])[C@H]1CCCN1C. The predicted molar refractivity (Wildman–Crippen MR) is 101 cm³/mol. The molecule has 1 saturated heterocycles. The quantitative estimate of drug-likeness (QED) is 0.718. The Kier molecular flexibility index (Phi) is 3.40. The molecule has 0 bridgehead atoms. The summed E-state index contributed by atoms with van der Waals surface area (Å²) in [6.07, 6.45) is -1.27. The molecule has 1 aliphatic heterocycles. The van der Waals surface area contributed by atoms with Crippen molar-refractivity contribution < 1.29 is 14.3 Å². The summed E-state index contributed by atoms with van der Waals surface area (Å²) < 4.78 is 65.5. The van der Waals surface area contributed by atoms with E-state index in [1.54, 1.807) is 42.3 Å². The second-order valence-corrected chi connectivity index (χ2v) is 6.48. The third-order valence-electron chi connectivity index (χ3n) is 4.38. The van der Waals surface area contributed by atoms with Crippen molar-refractivity contribution >= 4 is 11.6 Å². The van der Waals surface area contributed by atoms with Crippen LogP contribution in [-0.2, 0) is 10.3 Å². The van der Waals surface area contributed by atoms with Gasteiger partial charge < -0.3 is 9.64 Å². The average molecular weight is 351 g/mol. The van der Waals surface area contributed by atoms with E-state index in [0.717, 1.165) is 6.42 Å². The van der Waals surface area contributed by atoms with E-state index in [1.165, 1.54) is 24.3 Å². The van der Waals surface area contributed by atoms with Gasteiger partial charge in [-0.1, -0.05) is 54.1 Å². The number of hydrogen-bond acceptors (Lipinski definition) is 2. The van der Waals surface area contributed by atoms with Gasteiger partial charge in [-0.3, -0.25) is 0 Å². The van der Waals surface area contributed by atoms with E-state index in [1.807, 2.05) is 0 Å². The molecule has 0 aromatic heterocycles. The largest absolute Gasteiger partial charge is 0.366 e. The lowest BCUT2D eigenvalue weighted by atomic mass is 9.88. The Morgan fingerprint density at radius 1 is 1.21 bits per heavy atom. The molecule has 0 aliphatic carbocycles. The van der Waals surface area contributed by atoms with Crippen LogP contribution < -0.4 is 0 Å². The number of nitrogens with zero attached hydrogens (tertiary/aromatic N) is 1. The van der Waals surface area contributed by atoms with Crippen molar-refractivity contribution in [1.82, 2.24) is 4.90 Å². The first-order valence-corrected chi connectivity index (χ1v) is 8.43. The van der Waals surface area contributed by atoms with Crippen LogP contribution in [0.4, 0.5) is 0 Å². The molecule has 2 nitrogen and oxygen atoms in total. The van der Waals surface area contributed by atoms with Gasteiger partial charge in [-0.25, -0.2) is 0 Å². The van der Waals surface area contributed by atoms with Gasteiger partial charge in [-0.05, 0) is 62.9 Å². The molecule has 1 aliphatic rings. The smallest absolute Gasteiger partial charge is 0.115 e. The lowest BCUT2D eigenvalue weighted by Crippen LogP contribution is -2.31. The molecule has 0 spiro atoms. The van der Waals surface area contributed by atoms with Gasteiger partial charge in [0.15, 0.2) is 0 Å². The van der Waals surface area contributed by atoms with Crippen molar-refractivity contribution in [2.45, 2.75) is 37.7 Å². The highest BCUT2D eigenvalue weighted by Gasteiger charge is 2.30. The van der Waals surface area contributed by atoms with E-state index in [9.17, 15) is 0 Å². The minimum Gasteiger partial charge on any atom is -0.366 e. The van der Waals surface area contributed by atoms with Crippen molar-refractivity contribution in [3.8, 4) is 0 Å².